The maximum Gasteiger partial charge on any atom is 0.234 e. The second-order valence-electron chi connectivity index (χ2n) is 3.28. The van der Waals surface area contributed by atoms with Gasteiger partial charge in [-0.3, -0.25) is 4.79 Å². The van der Waals surface area contributed by atoms with Crippen LogP contribution >= 0.6 is 27.7 Å². The number of halogens is 1. The number of nitrogens with one attached hydrogen (secondary N) is 1. The standard InChI is InChI=1S/C11H14BrNO2S/c1-8-6-9(12)2-3-10(8)13-11(15)7-16-5-4-14/h2-3,6,14H,4-5,7H2,1H3,(H,13,15). The Bertz CT molecular complexity index is 371. The van der Waals surface area contributed by atoms with Crippen LogP contribution < -0.4 is 5.32 Å². The molecular weight excluding hydrogens is 290 g/mol. The van der Waals surface area contributed by atoms with Crippen LogP contribution in [0.25, 0.3) is 0 Å². The topological polar surface area (TPSA) is 49.3 Å². The quantitative estimate of drug-likeness (QED) is 0.821. The van der Waals surface area contributed by atoms with E-state index >= 15 is 0 Å². The van der Waals surface area contributed by atoms with E-state index in [1.54, 1.807) is 0 Å². The molecule has 3 nitrogen and oxygen atoms in total. The Labute approximate surface area is 108 Å². The zero-order valence-electron chi connectivity index (χ0n) is 9.00. The number of benzene rings is 1. The van der Waals surface area contributed by atoms with E-state index in [9.17, 15) is 4.79 Å². The van der Waals surface area contributed by atoms with Crippen LogP contribution in [0.2, 0.25) is 0 Å². The zero-order valence-corrected chi connectivity index (χ0v) is 11.4. The molecule has 0 spiro atoms. The number of aliphatic hydroxyl groups is 1. The van der Waals surface area contributed by atoms with Crippen molar-refractivity contribution in [2.45, 2.75) is 6.92 Å². The predicted octanol–water partition coefficient (Wildman–Crippen LogP) is 2.42. The van der Waals surface area contributed by atoms with Gasteiger partial charge in [0, 0.05) is 15.9 Å². The van der Waals surface area contributed by atoms with Gasteiger partial charge in [0.1, 0.15) is 0 Å². The van der Waals surface area contributed by atoms with E-state index in [1.165, 1.54) is 11.8 Å². The molecule has 0 unspecified atom stereocenters. The number of rotatable bonds is 5. The van der Waals surface area contributed by atoms with Crippen LogP contribution in [0.4, 0.5) is 5.69 Å². The molecule has 0 fully saturated rings. The molecule has 0 bridgehead atoms. The van der Waals surface area contributed by atoms with E-state index in [0.29, 0.717) is 11.5 Å². The Kier molecular flexibility index (Phi) is 5.87. The minimum Gasteiger partial charge on any atom is -0.396 e. The summed E-state index contributed by atoms with van der Waals surface area (Å²) in [6.07, 6.45) is 0. The van der Waals surface area contributed by atoms with Crippen molar-refractivity contribution in [3.05, 3.63) is 28.2 Å². The highest BCUT2D eigenvalue weighted by atomic mass is 79.9. The minimum absolute atomic E-state index is 0.0381. The van der Waals surface area contributed by atoms with E-state index in [0.717, 1.165) is 15.7 Å². The molecule has 16 heavy (non-hydrogen) atoms. The molecule has 0 heterocycles. The van der Waals surface area contributed by atoms with Gasteiger partial charge in [-0.05, 0) is 30.7 Å². The first kappa shape index (κ1) is 13.5. The fourth-order valence-corrected chi connectivity index (χ4v) is 2.19. The smallest absolute Gasteiger partial charge is 0.234 e. The summed E-state index contributed by atoms with van der Waals surface area (Å²) in [6.45, 7) is 2.05. The second kappa shape index (κ2) is 6.93. The van der Waals surface area contributed by atoms with Gasteiger partial charge in [-0.15, -0.1) is 11.8 Å². The molecule has 1 amide bonds. The van der Waals surface area contributed by atoms with Crippen molar-refractivity contribution >= 4 is 39.3 Å². The summed E-state index contributed by atoms with van der Waals surface area (Å²) >= 11 is 4.79. The molecule has 0 aromatic heterocycles. The predicted molar refractivity (Wildman–Crippen MR) is 71.9 cm³/mol. The number of aryl methyl sites for hydroxylation is 1. The van der Waals surface area contributed by atoms with Gasteiger partial charge in [0.15, 0.2) is 0 Å². The number of aliphatic hydroxyl groups excluding tert-OH is 1. The third-order valence-electron chi connectivity index (χ3n) is 1.93. The number of amides is 1. The first-order valence-corrected chi connectivity index (χ1v) is 6.83. The lowest BCUT2D eigenvalue weighted by Gasteiger charge is -2.08. The highest BCUT2D eigenvalue weighted by Crippen LogP contribution is 2.20. The van der Waals surface area contributed by atoms with Gasteiger partial charge in [-0.2, -0.15) is 0 Å². The van der Waals surface area contributed by atoms with Gasteiger partial charge < -0.3 is 10.4 Å². The van der Waals surface area contributed by atoms with Crippen LogP contribution in [-0.2, 0) is 4.79 Å². The van der Waals surface area contributed by atoms with E-state index in [1.807, 2.05) is 25.1 Å². The monoisotopic (exact) mass is 303 g/mol. The molecule has 5 heteroatoms. The van der Waals surface area contributed by atoms with Crippen LogP contribution in [0.1, 0.15) is 5.56 Å². The Hall–Kier alpha value is -0.520. The molecule has 2 N–H and O–H groups in total. The lowest BCUT2D eigenvalue weighted by molar-refractivity contribution is -0.113. The fraction of sp³-hybridized carbons (Fsp3) is 0.364. The molecule has 88 valence electrons. The average Bonchev–Trinajstić information content (AvgIpc) is 2.23. The van der Waals surface area contributed by atoms with Crippen molar-refractivity contribution in [1.29, 1.82) is 0 Å². The van der Waals surface area contributed by atoms with E-state index in [2.05, 4.69) is 21.2 Å². The molecule has 1 rings (SSSR count). The molecule has 0 radical (unpaired) electrons. The normalized spacial score (nSPS) is 10.2. The Morgan fingerprint density at radius 1 is 1.56 bits per heavy atom. The SMILES string of the molecule is Cc1cc(Br)ccc1NC(=O)CSCCO. The van der Waals surface area contributed by atoms with Crippen molar-refractivity contribution in [1.82, 2.24) is 0 Å². The first-order valence-electron chi connectivity index (χ1n) is 4.88. The molecule has 0 aliphatic carbocycles. The Morgan fingerprint density at radius 3 is 2.94 bits per heavy atom. The molecule has 1 aromatic carbocycles. The molecule has 1 aromatic rings. The number of anilines is 1. The second-order valence-corrected chi connectivity index (χ2v) is 5.30. The zero-order chi connectivity index (χ0) is 12.0. The van der Waals surface area contributed by atoms with Crippen molar-refractivity contribution in [2.24, 2.45) is 0 Å². The summed E-state index contributed by atoms with van der Waals surface area (Å²) < 4.78 is 0.998. The minimum atomic E-state index is -0.0381. The van der Waals surface area contributed by atoms with Gasteiger partial charge >= 0.3 is 0 Å². The summed E-state index contributed by atoms with van der Waals surface area (Å²) in [5.41, 5.74) is 1.85. The van der Waals surface area contributed by atoms with Crippen molar-refractivity contribution in [3.8, 4) is 0 Å². The van der Waals surface area contributed by atoms with E-state index in [4.69, 9.17) is 5.11 Å². The van der Waals surface area contributed by atoms with Crippen LogP contribution in [0.15, 0.2) is 22.7 Å². The molecule has 0 saturated carbocycles. The van der Waals surface area contributed by atoms with Gasteiger partial charge in [0.25, 0.3) is 0 Å². The summed E-state index contributed by atoms with van der Waals surface area (Å²) in [5, 5.41) is 11.4. The number of carbonyl (C=O) groups is 1. The third-order valence-corrected chi connectivity index (χ3v) is 3.36. The number of hydrogen-bond acceptors (Lipinski definition) is 3. The third kappa shape index (κ3) is 4.55. The van der Waals surface area contributed by atoms with Gasteiger partial charge in [-0.1, -0.05) is 15.9 Å². The van der Waals surface area contributed by atoms with E-state index < -0.39 is 0 Å². The fourth-order valence-electron chi connectivity index (χ4n) is 1.18. The highest BCUT2D eigenvalue weighted by Gasteiger charge is 2.04. The van der Waals surface area contributed by atoms with Crippen molar-refractivity contribution in [3.63, 3.8) is 0 Å². The summed E-state index contributed by atoms with van der Waals surface area (Å²) in [5.74, 6) is 0.923. The molecular formula is C11H14BrNO2S. The average molecular weight is 304 g/mol. The lowest BCUT2D eigenvalue weighted by Crippen LogP contribution is -2.15. The van der Waals surface area contributed by atoms with Gasteiger partial charge in [0.2, 0.25) is 5.91 Å². The molecule has 0 aliphatic rings. The summed E-state index contributed by atoms with van der Waals surface area (Å²) in [6, 6.07) is 5.72. The Balaban J connectivity index is 2.49. The van der Waals surface area contributed by atoms with Crippen LogP contribution in [-0.4, -0.2) is 29.1 Å². The maximum absolute atomic E-state index is 11.5. The van der Waals surface area contributed by atoms with Crippen molar-refractivity contribution < 1.29 is 9.90 Å². The van der Waals surface area contributed by atoms with Crippen LogP contribution in [0.5, 0.6) is 0 Å². The largest absolute Gasteiger partial charge is 0.396 e. The molecule has 0 aliphatic heterocycles. The van der Waals surface area contributed by atoms with Gasteiger partial charge in [-0.25, -0.2) is 0 Å². The maximum atomic E-state index is 11.5. The van der Waals surface area contributed by atoms with Crippen molar-refractivity contribution in [2.75, 3.05) is 23.4 Å². The van der Waals surface area contributed by atoms with E-state index in [-0.39, 0.29) is 12.5 Å². The highest BCUT2D eigenvalue weighted by molar-refractivity contribution is 9.10. The molecule has 0 saturated heterocycles. The van der Waals surface area contributed by atoms with Crippen LogP contribution in [0, 0.1) is 6.92 Å². The lowest BCUT2D eigenvalue weighted by atomic mass is 10.2. The first-order chi connectivity index (χ1) is 7.63. The molecule has 0 atom stereocenters. The summed E-state index contributed by atoms with van der Waals surface area (Å²) in [7, 11) is 0. The number of hydrogen-bond donors (Lipinski definition) is 2. The number of carbonyl (C=O) groups excluding carboxylic acids is 1. The Morgan fingerprint density at radius 2 is 2.31 bits per heavy atom. The number of thioether (sulfide) groups is 1. The van der Waals surface area contributed by atoms with Gasteiger partial charge in [0.05, 0.1) is 12.4 Å². The van der Waals surface area contributed by atoms with Crippen LogP contribution in [0.3, 0.4) is 0 Å². The summed E-state index contributed by atoms with van der Waals surface area (Å²) in [4.78, 5) is 11.5.